The fourth-order valence-electron chi connectivity index (χ4n) is 3.32. The molecule has 2 aromatic rings. The van der Waals surface area contributed by atoms with E-state index in [1.807, 2.05) is 37.3 Å². The van der Waals surface area contributed by atoms with Crippen LogP contribution in [0.2, 0.25) is 5.02 Å². The van der Waals surface area contributed by atoms with E-state index < -0.39 is 30.5 Å². The van der Waals surface area contributed by atoms with Crippen molar-refractivity contribution in [2.75, 3.05) is 6.61 Å². The molecule has 27 heavy (non-hydrogen) atoms. The van der Waals surface area contributed by atoms with Gasteiger partial charge in [-0.15, -0.1) is 0 Å². The molecule has 1 aliphatic rings. The van der Waals surface area contributed by atoms with E-state index in [0.29, 0.717) is 23.6 Å². The maximum Gasteiger partial charge on any atom is 0.119 e. The van der Waals surface area contributed by atoms with Gasteiger partial charge in [-0.2, -0.15) is 0 Å². The summed E-state index contributed by atoms with van der Waals surface area (Å²) >= 11 is 6.37. The van der Waals surface area contributed by atoms with Crippen LogP contribution >= 0.6 is 11.6 Å². The molecular weight excluding hydrogens is 368 g/mol. The van der Waals surface area contributed by atoms with Crippen LogP contribution in [0.4, 0.5) is 0 Å². The Kier molecular flexibility index (Phi) is 6.40. The van der Waals surface area contributed by atoms with Crippen molar-refractivity contribution in [1.29, 1.82) is 0 Å². The van der Waals surface area contributed by atoms with Crippen LogP contribution in [-0.4, -0.2) is 46.3 Å². The molecular formula is C21H25ClO5. The van der Waals surface area contributed by atoms with Crippen LogP contribution in [0.5, 0.6) is 5.75 Å². The zero-order valence-electron chi connectivity index (χ0n) is 15.4. The Labute approximate surface area is 164 Å². The minimum atomic E-state index is -1.26. The first-order valence-electron chi connectivity index (χ1n) is 9.10. The van der Waals surface area contributed by atoms with Gasteiger partial charge >= 0.3 is 0 Å². The van der Waals surface area contributed by atoms with Gasteiger partial charge in [0, 0.05) is 5.02 Å². The highest BCUT2D eigenvalue weighted by atomic mass is 35.5. The van der Waals surface area contributed by atoms with Crippen molar-refractivity contribution in [3.63, 3.8) is 0 Å². The van der Waals surface area contributed by atoms with E-state index in [4.69, 9.17) is 21.1 Å². The molecule has 0 spiro atoms. The Hall–Kier alpha value is -1.63. The Morgan fingerprint density at radius 2 is 1.70 bits per heavy atom. The lowest BCUT2D eigenvalue weighted by Crippen LogP contribution is -2.53. The normalized spacial score (nSPS) is 28.1. The molecule has 1 saturated heterocycles. The van der Waals surface area contributed by atoms with Crippen LogP contribution in [0.3, 0.4) is 0 Å². The molecule has 0 amide bonds. The van der Waals surface area contributed by atoms with Crippen LogP contribution < -0.4 is 4.74 Å². The summed E-state index contributed by atoms with van der Waals surface area (Å²) in [6.07, 6.45) is -4.29. The van der Waals surface area contributed by atoms with Gasteiger partial charge in [-0.05, 0) is 55.2 Å². The first-order chi connectivity index (χ1) is 12.9. The highest BCUT2D eigenvalue weighted by Gasteiger charge is 2.42. The lowest BCUT2D eigenvalue weighted by molar-refractivity contribution is -0.219. The third-order valence-electron chi connectivity index (χ3n) is 4.88. The van der Waals surface area contributed by atoms with Gasteiger partial charge in [-0.25, -0.2) is 0 Å². The first-order valence-corrected chi connectivity index (χ1v) is 9.48. The second kappa shape index (κ2) is 8.59. The fraction of sp³-hybridized carbons (Fsp3) is 0.429. The minimum Gasteiger partial charge on any atom is -0.494 e. The van der Waals surface area contributed by atoms with Gasteiger partial charge in [0.05, 0.1) is 12.7 Å². The number of benzene rings is 2. The number of rotatable bonds is 5. The van der Waals surface area contributed by atoms with Crippen molar-refractivity contribution in [2.45, 2.75) is 50.8 Å². The molecule has 1 aliphatic heterocycles. The molecule has 3 rings (SSSR count). The second-order valence-corrected chi connectivity index (χ2v) is 7.25. The average Bonchev–Trinajstić information content (AvgIpc) is 2.66. The van der Waals surface area contributed by atoms with Gasteiger partial charge in [0.15, 0.2) is 0 Å². The first kappa shape index (κ1) is 20.1. The molecule has 1 fully saturated rings. The standard InChI is InChI=1S/C21H25ClO5/c1-3-26-16-7-4-13(5-8-16)10-15-11-14(6-9-17(15)22)21-20(25)19(24)18(23)12(2)27-21/h4-9,11-12,18-21,23-25H,3,10H2,1-2H3. The second-order valence-electron chi connectivity index (χ2n) is 6.84. The third kappa shape index (κ3) is 4.45. The van der Waals surface area contributed by atoms with Gasteiger partial charge in [0.2, 0.25) is 0 Å². The quantitative estimate of drug-likeness (QED) is 0.729. The van der Waals surface area contributed by atoms with Gasteiger partial charge in [0.25, 0.3) is 0 Å². The molecule has 0 aliphatic carbocycles. The predicted molar refractivity (Wildman–Crippen MR) is 103 cm³/mol. The summed E-state index contributed by atoms with van der Waals surface area (Å²) in [4.78, 5) is 0. The number of aliphatic hydroxyl groups is 3. The molecule has 146 valence electrons. The van der Waals surface area contributed by atoms with Crippen molar-refractivity contribution >= 4 is 11.6 Å². The van der Waals surface area contributed by atoms with E-state index in [1.165, 1.54) is 0 Å². The number of hydrogen-bond acceptors (Lipinski definition) is 5. The van der Waals surface area contributed by atoms with Crippen molar-refractivity contribution in [1.82, 2.24) is 0 Å². The summed E-state index contributed by atoms with van der Waals surface area (Å²) in [5.41, 5.74) is 2.68. The van der Waals surface area contributed by atoms with E-state index >= 15 is 0 Å². The predicted octanol–water partition coefficient (Wildman–Crippen LogP) is 2.87. The van der Waals surface area contributed by atoms with E-state index in [0.717, 1.165) is 16.9 Å². The summed E-state index contributed by atoms with van der Waals surface area (Å²) in [6.45, 7) is 4.23. The zero-order valence-corrected chi connectivity index (χ0v) is 16.1. The van der Waals surface area contributed by atoms with Gasteiger partial charge in [0.1, 0.15) is 30.2 Å². The van der Waals surface area contributed by atoms with Crippen LogP contribution in [0.1, 0.15) is 36.6 Å². The maximum atomic E-state index is 10.3. The molecule has 0 saturated carbocycles. The molecule has 2 aromatic carbocycles. The fourth-order valence-corrected chi connectivity index (χ4v) is 3.51. The zero-order chi connectivity index (χ0) is 19.6. The van der Waals surface area contributed by atoms with E-state index in [1.54, 1.807) is 19.1 Å². The Balaban J connectivity index is 1.82. The topological polar surface area (TPSA) is 79.2 Å². The largest absolute Gasteiger partial charge is 0.494 e. The highest BCUT2D eigenvalue weighted by Crippen LogP contribution is 2.34. The van der Waals surface area contributed by atoms with Crippen molar-refractivity contribution in [3.8, 4) is 5.75 Å². The molecule has 1 heterocycles. The van der Waals surface area contributed by atoms with Crippen LogP contribution in [0, 0.1) is 0 Å². The number of ether oxygens (including phenoxy) is 2. The lowest BCUT2D eigenvalue weighted by Gasteiger charge is -2.39. The summed E-state index contributed by atoms with van der Waals surface area (Å²) < 4.78 is 11.2. The van der Waals surface area contributed by atoms with E-state index in [9.17, 15) is 15.3 Å². The molecule has 5 unspecified atom stereocenters. The number of halogens is 1. The highest BCUT2D eigenvalue weighted by molar-refractivity contribution is 6.31. The Morgan fingerprint density at radius 3 is 2.37 bits per heavy atom. The van der Waals surface area contributed by atoms with E-state index in [-0.39, 0.29) is 0 Å². The monoisotopic (exact) mass is 392 g/mol. The Bertz CT molecular complexity index is 764. The molecule has 3 N–H and O–H groups in total. The third-order valence-corrected chi connectivity index (χ3v) is 5.25. The minimum absolute atomic E-state index is 0.585. The number of hydrogen-bond donors (Lipinski definition) is 3. The SMILES string of the molecule is CCOc1ccc(Cc2cc(C3OC(C)C(O)C(O)C3O)ccc2Cl)cc1. The molecule has 5 nitrogen and oxygen atoms in total. The average molecular weight is 393 g/mol. The Morgan fingerprint density at radius 1 is 1.00 bits per heavy atom. The number of aliphatic hydroxyl groups excluding tert-OH is 3. The van der Waals surface area contributed by atoms with Gasteiger partial charge < -0.3 is 24.8 Å². The summed E-state index contributed by atoms with van der Waals surface area (Å²) in [5, 5.41) is 30.9. The van der Waals surface area contributed by atoms with Crippen LogP contribution in [-0.2, 0) is 11.2 Å². The summed E-state index contributed by atoms with van der Waals surface area (Å²) in [5.74, 6) is 0.821. The molecule has 0 aromatic heterocycles. The summed E-state index contributed by atoms with van der Waals surface area (Å²) in [6, 6.07) is 13.2. The molecule has 5 atom stereocenters. The maximum absolute atomic E-state index is 10.3. The molecule has 0 bridgehead atoms. The van der Waals surface area contributed by atoms with Crippen LogP contribution in [0.15, 0.2) is 42.5 Å². The van der Waals surface area contributed by atoms with E-state index in [2.05, 4.69) is 0 Å². The smallest absolute Gasteiger partial charge is 0.119 e. The van der Waals surface area contributed by atoms with Gasteiger partial charge in [-0.1, -0.05) is 35.9 Å². The van der Waals surface area contributed by atoms with Crippen molar-refractivity contribution in [3.05, 3.63) is 64.2 Å². The van der Waals surface area contributed by atoms with Crippen molar-refractivity contribution in [2.24, 2.45) is 0 Å². The van der Waals surface area contributed by atoms with Crippen LogP contribution in [0.25, 0.3) is 0 Å². The summed E-state index contributed by atoms with van der Waals surface area (Å²) in [7, 11) is 0. The molecule has 6 heteroatoms. The van der Waals surface area contributed by atoms with Gasteiger partial charge in [-0.3, -0.25) is 0 Å². The van der Waals surface area contributed by atoms with Crippen molar-refractivity contribution < 1.29 is 24.8 Å². The molecule has 0 radical (unpaired) electrons. The lowest BCUT2D eigenvalue weighted by atomic mass is 9.90.